The minimum absolute atomic E-state index is 0.150. The number of ether oxygens (including phenoxy) is 4. The summed E-state index contributed by atoms with van der Waals surface area (Å²) in [5.74, 6) is -0.211. The molecule has 1 rings (SSSR count). The number of carbonyl (C=O) groups excluding carboxylic acids is 1. The van der Waals surface area contributed by atoms with Crippen molar-refractivity contribution in [2.45, 2.75) is 6.42 Å². The molecule has 6 nitrogen and oxygen atoms in total. The number of anilines is 1. The molecule has 0 heterocycles. The first-order valence-corrected chi connectivity index (χ1v) is 6.84. The summed E-state index contributed by atoms with van der Waals surface area (Å²) < 4.78 is 20.4. The first-order valence-electron chi connectivity index (χ1n) is 6.47. The lowest BCUT2D eigenvalue weighted by molar-refractivity contribution is 0.0285. The summed E-state index contributed by atoms with van der Waals surface area (Å²) in [7, 11) is 3.07. The Kier molecular flexibility index (Phi) is 7.89. The largest absolute Gasteiger partial charge is 0.496 e. The van der Waals surface area contributed by atoms with Crippen LogP contribution in [0.3, 0.4) is 0 Å². The van der Waals surface area contributed by atoms with Gasteiger partial charge in [0, 0.05) is 26.4 Å². The van der Waals surface area contributed by atoms with E-state index in [1.54, 1.807) is 7.11 Å². The van der Waals surface area contributed by atoms with Gasteiger partial charge in [0.2, 0.25) is 0 Å². The minimum atomic E-state index is -0.533. The van der Waals surface area contributed by atoms with E-state index in [1.807, 2.05) is 0 Å². The number of nitrogens with two attached hydrogens (primary N) is 1. The molecule has 0 radical (unpaired) electrons. The molecular formula is C14H20ClNO5. The van der Waals surface area contributed by atoms with Gasteiger partial charge in [0.15, 0.2) is 0 Å². The molecule has 0 bridgehead atoms. The van der Waals surface area contributed by atoms with Crippen molar-refractivity contribution in [3.63, 3.8) is 0 Å². The maximum atomic E-state index is 11.9. The van der Waals surface area contributed by atoms with Crippen LogP contribution in [0.4, 0.5) is 5.69 Å². The fourth-order valence-corrected chi connectivity index (χ4v) is 1.74. The van der Waals surface area contributed by atoms with E-state index in [0.717, 1.165) is 6.42 Å². The summed E-state index contributed by atoms with van der Waals surface area (Å²) >= 11 is 5.89. The van der Waals surface area contributed by atoms with E-state index in [2.05, 4.69) is 0 Å². The molecule has 0 saturated carbocycles. The van der Waals surface area contributed by atoms with Crippen molar-refractivity contribution >= 4 is 23.3 Å². The summed E-state index contributed by atoms with van der Waals surface area (Å²) in [5, 5.41) is 0.276. The molecule has 0 aliphatic carbocycles. The van der Waals surface area contributed by atoms with Crippen molar-refractivity contribution in [2.24, 2.45) is 0 Å². The van der Waals surface area contributed by atoms with E-state index < -0.39 is 5.97 Å². The van der Waals surface area contributed by atoms with Crippen LogP contribution >= 0.6 is 11.6 Å². The van der Waals surface area contributed by atoms with E-state index >= 15 is 0 Å². The lowest BCUT2D eigenvalue weighted by atomic mass is 10.2. The van der Waals surface area contributed by atoms with Crippen molar-refractivity contribution in [3.05, 3.63) is 22.7 Å². The maximum absolute atomic E-state index is 11.9. The Bertz CT molecular complexity index is 467. The van der Waals surface area contributed by atoms with Crippen molar-refractivity contribution in [1.29, 1.82) is 0 Å². The van der Waals surface area contributed by atoms with Crippen molar-refractivity contribution in [2.75, 3.05) is 46.4 Å². The summed E-state index contributed by atoms with van der Waals surface area (Å²) in [5.41, 5.74) is 6.22. The minimum Gasteiger partial charge on any atom is -0.496 e. The molecule has 2 N–H and O–H groups in total. The summed E-state index contributed by atoms with van der Waals surface area (Å²) in [6, 6.07) is 2.91. The zero-order valence-corrected chi connectivity index (χ0v) is 12.9. The van der Waals surface area contributed by atoms with Gasteiger partial charge in [0.1, 0.15) is 17.9 Å². The standard InChI is InChI=1S/C14H20ClNO5/c1-18-4-3-5-20-6-7-21-14(17)10-8-11(15)12(16)9-13(10)19-2/h8-9H,3-7,16H2,1-2H3. The van der Waals surface area contributed by atoms with E-state index in [-0.39, 0.29) is 17.2 Å². The van der Waals surface area contributed by atoms with Gasteiger partial charge in [-0.2, -0.15) is 0 Å². The van der Waals surface area contributed by atoms with Crippen LogP contribution in [0.15, 0.2) is 12.1 Å². The van der Waals surface area contributed by atoms with Gasteiger partial charge in [-0.3, -0.25) is 0 Å². The number of carbonyl (C=O) groups is 1. The van der Waals surface area contributed by atoms with Gasteiger partial charge in [-0.25, -0.2) is 4.79 Å². The number of methoxy groups -OCH3 is 2. The second-order valence-corrected chi connectivity index (χ2v) is 4.58. The molecule has 0 atom stereocenters. The smallest absolute Gasteiger partial charge is 0.342 e. The van der Waals surface area contributed by atoms with Crippen LogP contribution in [-0.2, 0) is 14.2 Å². The second kappa shape index (κ2) is 9.44. The van der Waals surface area contributed by atoms with E-state index in [1.165, 1.54) is 19.2 Å². The third-order valence-corrected chi connectivity index (χ3v) is 2.96. The van der Waals surface area contributed by atoms with Gasteiger partial charge in [0.05, 0.1) is 24.4 Å². The highest BCUT2D eigenvalue weighted by molar-refractivity contribution is 6.33. The third kappa shape index (κ3) is 5.79. The van der Waals surface area contributed by atoms with Crippen LogP contribution in [0.25, 0.3) is 0 Å². The van der Waals surface area contributed by atoms with Crippen molar-refractivity contribution in [1.82, 2.24) is 0 Å². The van der Waals surface area contributed by atoms with Crippen molar-refractivity contribution in [3.8, 4) is 5.75 Å². The number of nitrogen functional groups attached to an aromatic ring is 1. The van der Waals surface area contributed by atoms with E-state index in [4.69, 9.17) is 36.3 Å². The van der Waals surface area contributed by atoms with Crippen LogP contribution in [0, 0.1) is 0 Å². The highest BCUT2D eigenvalue weighted by atomic mass is 35.5. The molecule has 0 amide bonds. The first kappa shape index (κ1) is 17.6. The van der Waals surface area contributed by atoms with Crippen molar-refractivity contribution < 1.29 is 23.7 Å². The lowest BCUT2D eigenvalue weighted by Crippen LogP contribution is -2.13. The average molecular weight is 318 g/mol. The first-order chi connectivity index (χ1) is 10.1. The van der Waals surface area contributed by atoms with Gasteiger partial charge < -0.3 is 24.7 Å². The zero-order valence-electron chi connectivity index (χ0n) is 12.2. The number of hydrogen-bond acceptors (Lipinski definition) is 6. The molecule has 1 aromatic rings. The summed E-state index contributed by atoms with van der Waals surface area (Å²) in [4.78, 5) is 11.9. The summed E-state index contributed by atoms with van der Waals surface area (Å²) in [6.45, 7) is 1.67. The monoisotopic (exact) mass is 317 g/mol. The van der Waals surface area contributed by atoms with Crippen LogP contribution in [0.1, 0.15) is 16.8 Å². The lowest BCUT2D eigenvalue weighted by Gasteiger charge is -2.11. The number of halogens is 1. The molecule has 0 saturated heterocycles. The molecule has 0 aliphatic heterocycles. The fraction of sp³-hybridized carbons (Fsp3) is 0.500. The Labute approximate surface area is 129 Å². The Morgan fingerprint density at radius 1 is 1.19 bits per heavy atom. The Balaban J connectivity index is 2.43. The molecule has 0 spiro atoms. The highest BCUT2D eigenvalue weighted by Crippen LogP contribution is 2.29. The van der Waals surface area contributed by atoms with Gasteiger partial charge in [0.25, 0.3) is 0 Å². The summed E-state index contributed by atoms with van der Waals surface area (Å²) in [6.07, 6.45) is 0.797. The van der Waals surface area contributed by atoms with Gasteiger partial charge in [-0.1, -0.05) is 11.6 Å². The van der Waals surface area contributed by atoms with Crippen LogP contribution < -0.4 is 10.5 Å². The molecule has 0 aliphatic rings. The quantitative estimate of drug-likeness (QED) is 0.427. The number of benzene rings is 1. The Hall–Kier alpha value is -1.50. The maximum Gasteiger partial charge on any atom is 0.342 e. The predicted molar refractivity (Wildman–Crippen MR) is 80.0 cm³/mol. The molecule has 0 fully saturated rings. The molecule has 118 valence electrons. The van der Waals surface area contributed by atoms with E-state index in [0.29, 0.717) is 31.3 Å². The SMILES string of the molecule is COCCCOCCOC(=O)c1cc(Cl)c(N)cc1OC. The van der Waals surface area contributed by atoms with Crippen LogP contribution in [0.5, 0.6) is 5.75 Å². The molecule has 7 heteroatoms. The predicted octanol–water partition coefficient (Wildman–Crippen LogP) is 2.14. The number of esters is 1. The average Bonchev–Trinajstić information content (AvgIpc) is 2.48. The normalized spacial score (nSPS) is 10.4. The highest BCUT2D eigenvalue weighted by Gasteiger charge is 2.16. The van der Waals surface area contributed by atoms with Crippen LogP contribution in [0.2, 0.25) is 5.02 Å². The van der Waals surface area contributed by atoms with Gasteiger partial charge in [-0.15, -0.1) is 0 Å². The Morgan fingerprint density at radius 3 is 2.62 bits per heavy atom. The molecule has 21 heavy (non-hydrogen) atoms. The van der Waals surface area contributed by atoms with Crippen LogP contribution in [-0.4, -0.2) is 46.6 Å². The van der Waals surface area contributed by atoms with E-state index in [9.17, 15) is 4.79 Å². The Morgan fingerprint density at radius 2 is 1.95 bits per heavy atom. The molecular weight excluding hydrogens is 298 g/mol. The fourth-order valence-electron chi connectivity index (χ4n) is 1.58. The third-order valence-electron chi connectivity index (χ3n) is 2.64. The second-order valence-electron chi connectivity index (χ2n) is 4.17. The van der Waals surface area contributed by atoms with Gasteiger partial charge in [-0.05, 0) is 12.5 Å². The number of hydrogen-bond donors (Lipinski definition) is 1. The molecule has 0 unspecified atom stereocenters. The molecule has 1 aromatic carbocycles. The molecule has 0 aromatic heterocycles. The zero-order chi connectivity index (χ0) is 15.7. The number of rotatable bonds is 9. The van der Waals surface area contributed by atoms with Gasteiger partial charge >= 0.3 is 5.97 Å². The topological polar surface area (TPSA) is 80.0 Å².